The molecule has 3 N–H and O–H groups in total. The molecule has 0 saturated heterocycles. The van der Waals surface area contributed by atoms with Crippen molar-refractivity contribution in [1.82, 2.24) is 15.2 Å². The van der Waals surface area contributed by atoms with Crippen LogP contribution in [0.1, 0.15) is 35.4 Å². The molecule has 3 aromatic rings. The Labute approximate surface area is 162 Å². The Morgan fingerprint density at radius 2 is 2.19 bits per heavy atom. The second-order valence-corrected chi connectivity index (χ2v) is 7.99. The molecule has 3 heterocycles. The average molecular weight is 379 g/mol. The smallest absolute Gasteiger partial charge is 0.164 e. The predicted octanol–water partition coefficient (Wildman–Crippen LogP) is 3.81. The maximum atomic E-state index is 9.33. The largest absolute Gasteiger partial charge is 0.396 e. The number of rotatable bonds is 4. The van der Waals surface area contributed by atoms with Gasteiger partial charge in [0, 0.05) is 18.8 Å². The summed E-state index contributed by atoms with van der Waals surface area (Å²) in [6.07, 6.45) is 4.90. The molecule has 3 aromatic heterocycles. The van der Waals surface area contributed by atoms with Crippen molar-refractivity contribution in [1.29, 1.82) is 0 Å². The Kier molecular flexibility index (Phi) is 5.23. The van der Waals surface area contributed by atoms with Gasteiger partial charge in [-0.3, -0.25) is 10.1 Å². The van der Waals surface area contributed by atoms with Crippen LogP contribution in [0.2, 0.25) is 0 Å². The van der Waals surface area contributed by atoms with Gasteiger partial charge in [-0.05, 0) is 56.4 Å². The van der Waals surface area contributed by atoms with E-state index in [2.05, 4.69) is 38.4 Å². The molecule has 0 unspecified atom stereocenters. The molecule has 0 aliphatic heterocycles. The lowest BCUT2D eigenvalue weighted by Gasteiger charge is -2.12. The maximum Gasteiger partial charge on any atom is 0.164 e. The van der Waals surface area contributed by atoms with Crippen molar-refractivity contribution in [3.05, 3.63) is 52.7 Å². The van der Waals surface area contributed by atoms with Gasteiger partial charge < -0.3 is 10.4 Å². The topological polar surface area (TPSA) is 73.8 Å². The molecule has 1 aliphatic rings. The number of pyridine rings is 1. The second kappa shape index (κ2) is 7.95. The number of thiophene rings is 1. The summed E-state index contributed by atoms with van der Waals surface area (Å²) in [6.45, 7) is 2.25. The van der Waals surface area contributed by atoms with Crippen LogP contribution in [-0.2, 0) is 0 Å². The normalized spacial score (nSPS) is 18.9. The first-order valence-electron chi connectivity index (χ1n) is 9.18. The lowest BCUT2D eigenvalue weighted by molar-refractivity contribution is 0.229. The highest BCUT2D eigenvalue weighted by atomic mass is 32.1. The Bertz CT molecular complexity index is 967. The highest BCUT2D eigenvalue weighted by Crippen LogP contribution is 2.29. The number of aliphatic hydroxyl groups excluding tert-OH is 1. The summed E-state index contributed by atoms with van der Waals surface area (Å²) in [5.74, 6) is 7.75. The van der Waals surface area contributed by atoms with Crippen molar-refractivity contribution in [2.24, 2.45) is 5.92 Å². The van der Waals surface area contributed by atoms with E-state index in [1.165, 1.54) is 0 Å². The maximum absolute atomic E-state index is 9.33. The Morgan fingerprint density at radius 3 is 2.96 bits per heavy atom. The van der Waals surface area contributed by atoms with Gasteiger partial charge in [-0.2, -0.15) is 5.10 Å². The van der Waals surface area contributed by atoms with Gasteiger partial charge in [0.15, 0.2) is 5.82 Å². The van der Waals surface area contributed by atoms with E-state index >= 15 is 0 Å². The van der Waals surface area contributed by atoms with Crippen molar-refractivity contribution in [2.45, 2.75) is 32.2 Å². The van der Waals surface area contributed by atoms with Gasteiger partial charge in [0.1, 0.15) is 0 Å². The average Bonchev–Trinajstić information content (AvgIpc) is 3.42. The van der Waals surface area contributed by atoms with Crippen LogP contribution in [0.15, 0.2) is 36.5 Å². The Balaban J connectivity index is 1.51. The van der Waals surface area contributed by atoms with Gasteiger partial charge in [-0.15, -0.1) is 11.3 Å². The van der Waals surface area contributed by atoms with Gasteiger partial charge in [-0.1, -0.05) is 17.9 Å². The second-order valence-electron chi connectivity index (χ2n) is 6.90. The molecule has 1 saturated carbocycles. The van der Waals surface area contributed by atoms with Gasteiger partial charge in [0.05, 0.1) is 26.7 Å². The fourth-order valence-corrected chi connectivity index (χ4v) is 4.26. The zero-order chi connectivity index (χ0) is 18.6. The zero-order valence-electron chi connectivity index (χ0n) is 15.2. The van der Waals surface area contributed by atoms with E-state index in [9.17, 15) is 5.11 Å². The quantitative estimate of drug-likeness (QED) is 0.604. The summed E-state index contributed by atoms with van der Waals surface area (Å²) >= 11 is 1.64. The van der Waals surface area contributed by atoms with E-state index in [0.29, 0.717) is 12.0 Å². The van der Waals surface area contributed by atoms with E-state index in [4.69, 9.17) is 0 Å². The van der Waals surface area contributed by atoms with E-state index in [1.807, 2.05) is 31.2 Å². The van der Waals surface area contributed by atoms with Gasteiger partial charge >= 0.3 is 0 Å². The fourth-order valence-electron chi connectivity index (χ4n) is 3.43. The van der Waals surface area contributed by atoms with E-state index < -0.39 is 0 Å². The summed E-state index contributed by atoms with van der Waals surface area (Å²) in [5.41, 5.74) is 2.84. The molecular weight excluding hydrogens is 356 g/mol. The molecule has 5 nitrogen and oxygen atoms in total. The van der Waals surface area contributed by atoms with Crippen LogP contribution in [0.4, 0.5) is 5.82 Å². The van der Waals surface area contributed by atoms with Gasteiger partial charge in [0.2, 0.25) is 0 Å². The number of H-pyrrole nitrogens is 1. The Morgan fingerprint density at radius 1 is 1.26 bits per heavy atom. The molecule has 2 atom stereocenters. The number of aromatic nitrogens is 3. The van der Waals surface area contributed by atoms with Crippen LogP contribution in [0.3, 0.4) is 0 Å². The predicted molar refractivity (Wildman–Crippen MR) is 109 cm³/mol. The third kappa shape index (κ3) is 4.05. The summed E-state index contributed by atoms with van der Waals surface area (Å²) in [4.78, 5) is 6.51. The minimum atomic E-state index is 0.265. The highest BCUT2D eigenvalue weighted by molar-refractivity contribution is 7.16. The van der Waals surface area contributed by atoms with Crippen LogP contribution < -0.4 is 5.32 Å². The number of hydrogen-bond donors (Lipinski definition) is 3. The SMILES string of the molecule is Cc1[nH]nc(N[C@H]2CC[C@@H](CO)C2)c1C#Cc1ccc(-c2ccccn2)s1. The number of nitrogens with one attached hydrogen (secondary N) is 2. The lowest BCUT2D eigenvalue weighted by Crippen LogP contribution is -2.17. The molecule has 1 aliphatic carbocycles. The molecule has 0 radical (unpaired) electrons. The molecule has 0 amide bonds. The third-order valence-electron chi connectivity index (χ3n) is 4.92. The minimum absolute atomic E-state index is 0.265. The van der Waals surface area contributed by atoms with E-state index in [1.54, 1.807) is 17.5 Å². The van der Waals surface area contributed by atoms with Crippen LogP contribution in [0, 0.1) is 24.7 Å². The molecule has 6 heteroatoms. The first-order chi connectivity index (χ1) is 13.2. The van der Waals surface area contributed by atoms with Crippen LogP contribution in [0.25, 0.3) is 10.6 Å². The standard InChI is InChI=1S/C21H22N4OS/c1-14-18(21(25-24-14)23-16-6-5-15(12-16)13-26)9-7-17-8-10-20(27-17)19-4-2-3-11-22-19/h2-4,8,10-11,15-16,26H,5-6,12-13H2,1H3,(H2,23,24,25)/t15-,16+/m1/s1. The number of hydrogen-bond acceptors (Lipinski definition) is 5. The van der Waals surface area contributed by atoms with Crippen molar-refractivity contribution in [3.8, 4) is 22.4 Å². The molecule has 138 valence electrons. The lowest BCUT2D eigenvalue weighted by atomic mass is 10.1. The molecule has 0 aromatic carbocycles. The highest BCUT2D eigenvalue weighted by Gasteiger charge is 2.25. The summed E-state index contributed by atoms with van der Waals surface area (Å²) < 4.78 is 0. The van der Waals surface area contributed by atoms with Crippen LogP contribution in [-0.4, -0.2) is 32.9 Å². The van der Waals surface area contributed by atoms with Crippen LogP contribution in [0.5, 0.6) is 0 Å². The summed E-state index contributed by atoms with van der Waals surface area (Å²) in [7, 11) is 0. The third-order valence-corrected chi connectivity index (χ3v) is 5.94. The number of aryl methyl sites for hydroxylation is 1. The number of anilines is 1. The zero-order valence-corrected chi connectivity index (χ0v) is 16.0. The van der Waals surface area contributed by atoms with Crippen molar-refractivity contribution < 1.29 is 5.11 Å². The van der Waals surface area contributed by atoms with Gasteiger partial charge in [0.25, 0.3) is 0 Å². The van der Waals surface area contributed by atoms with Crippen LogP contribution >= 0.6 is 11.3 Å². The Hall–Kier alpha value is -2.62. The fraction of sp³-hybridized carbons (Fsp3) is 0.333. The minimum Gasteiger partial charge on any atom is -0.396 e. The molecule has 1 fully saturated rings. The summed E-state index contributed by atoms with van der Waals surface area (Å²) in [6, 6.07) is 10.4. The van der Waals surface area contributed by atoms with Crippen molar-refractivity contribution in [2.75, 3.05) is 11.9 Å². The molecule has 0 bridgehead atoms. The molecule has 0 spiro atoms. The monoisotopic (exact) mass is 378 g/mol. The molecule has 27 heavy (non-hydrogen) atoms. The number of nitrogens with zero attached hydrogens (tertiary/aromatic N) is 2. The number of aliphatic hydroxyl groups is 1. The van der Waals surface area contributed by atoms with Crippen molar-refractivity contribution >= 4 is 17.2 Å². The molecule has 4 rings (SSSR count). The first kappa shape index (κ1) is 17.8. The molecular formula is C21H22N4OS. The number of aromatic amines is 1. The van der Waals surface area contributed by atoms with E-state index in [-0.39, 0.29) is 6.61 Å². The van der Waals surface area contributed by atoms with Crippen molar-refractivity contribution in [3.63, 3.8) is 0 Å². The summed E-state index contributed by atoms with van der Waals surface area (Å²) in [5, 5.41) is 20.2. The first-order valence-corrected chi connectivity index (χ1v) is 10.00. The van der Waals surface area contributed by atoms with Gasteiger partial charge in [-0.25, -0.2) is 0 Å². The van der Waals surface area contributed by atoms with E-state index in [0.717, 1.165) is 51.8 Å².